The zero-order valence-electron chi connectivity index (χ0n) is 29.6. The molecule has 1 unspecified atom stereocenters. The fourth-order valence-electron chi connectivity index (χ4n) is 5.87. The number of nitrogens with zero attached hydrogens (tertiary/aromatic N) is 1. The van der Waals surface area contributed by atoms with E-state index in [1.165, 1.54) is 6.20 Å². The van der Waals surface area contributed by atoms with Gasteiger partial charge in [-0.3, -0.25) is 14.3 Å². The van der Waals surface area contributed by atoms with E-state index in [9.17, 15) is 24.2 Å². The average Bonchev–Trinajstić information content (AvgIpc) is 3.34. The van der Waals surface area contributed by atoms with Crippen LogP contribution in [0.15, 0.2) is 101 Å². The summed E-state index contributed by atoms with van der Waals surface area (Å²) >= 11 is 0. The van der Waals surface area contributed by atoms with Crippen LogP contribution >= 0.6 is 8.25 Å². The van der Waals surface area contributed by atoms with Crippen LogP contribution in [0.25, 0.3) is 0 Å². The van der Waals surface area contributed by atoms with Crippen molar-refractivity contribution in [3.63, 3.8) is 0 Å². The quantitative estimate of drug-likeness (QED) is 0.0713. The monoisotopic (exact) mass is 739 g/mol. The second kappa shape index (κ2) is 14.9. The number of nitrogens with one attached hydrogen (secondary N) is 1. The standard InChI is InChI=1S/C36H43N2O11PSi/c1-34(2,3)51(6,7)48-31-32(38-22-21-30(39)37-33(38)40)47-29(36(31,41)49-50(42)43)23-46-35(24-11-9-8-10-12-24,25-13-17-27(44-4)18-14-25)26-15-19-28(45-5)20-16-26/h8-22,29,31-32,41H,23H2,1-7H3,(H-,37,39,40,42,43)/p+1/t29-,31+,32-,36-/m1/s1. The van der Waals surface area contributed by atoms with E-state index in [4.69, 9.17) is 27.9 Å². The van der Waals surface area contributed by atoms with Crippen molar-refractivity contribution in [1.82, 2.24) is 9.55 Å². The highest BCUT2D eigenvalue weighted by Crippen LogP contribution is 2.49. The lowest BCUT2D eigenvalue weighted by atomic mass is 9.80. The maximum Gasteiger partial charge on any atom is 0.697 e. The van der Waals surface area contributed by atoms with E-state index >= 15 is 0 Å². The average molecular weight is 740 g/mol. The molecular weight excluding hydrogens is 695 g/mol. The minimum atomic E-state index is -3.44. The maximum absolute atomic E-state index is 13.2. The number of hydrogen-bond donors (Lipinski definition) is 3. The van der Waals surface area contributed by atoms with E-state index in [0.29, 0.717) is 28.2 Å². The molecule has 13 nitrogen and oxygen atoms in total. The minimum absolute atomic E-state index is 0.407. The molecule has 0 aliphatic carbocycles. The Balaban J connectivity index is 1.69. The van der Waals surface area contributed by atoms with Gasteiger partial charge in [-0.25, -0.2) is 4.79 Å². The number of ether oxygens (including phenoxy) is 4. The molecule has 1 fully saturated rings. The van der Waals surface area contributed by atoms with Crippen molar-refractivity contribution >= 4 is 16.6 Å². The number of aromatic amines is 1. The molecule has 272 valence electrons. The van der Waals surface area contributed by atoms with Gasteiger partial charge in [-0.1, -0.05) is 79.9 Å². The zero-order valence-corrected chi connectivity index (χ0v) is 31.5. The molecule has 0 radical (unpaired) electrons. The Labute approximate surface area is 297 Å². The largest absolute Gasteiger partial charge is 0.697 e. The summed E-state index contributed by atoms with van der Waals surface area (Å²) in [6.07, 6.45) is -3.24. The third-order valence-electron chi connectivity index (χ3n) is 9.63. The fourth-order valence-corrected chi connectivity index (χ4v) is 7.62. The summed E-state index contributed by atoms with van der Waals surface area (Å²) in [6.45, 7) is 9.30. The normalized spacial score (nSPS) is 21.4. The lowest BCUT2D eigenvalue weighted by Gasteiger charge is -2.41. The smallest absolute Gasteiger partial charge is 0.497 e. The maximum atomic E-state index is 13.2. The summed E-state index contributed by atoms with van der Waals surface area (Å²) in [6, 6.07) is 25.1. The SMILES string of the molecule is COc1ccc(C(OC[C@H]2O[C@@H](n3ccc(=O)[nH]c3=O)[C@H](O[Si](C)(C)C(C)(C)C)[C@]2(O)O[P+](=O)O)(c2ccccc2)c2ccc(OC)cc2)cc1. The molecule has 0 saturated carbocycles. The van der Waals surface area contributed by atoms with Crippen molar-refractivity contribution < 1.29 is 42.5 Å². The van der Waals surface area contributed by atoms with Gasteiger partial charge in [0, 0.05) is 16.8 Å². The van der Waals surface area contributed by atoms with Crippen molar-refractivity contribution in [1.29, 1.82) is 0 Å². The number of benzene rings is 3. The Hall–Kier alpha value is -3.98. The molecule has 1 aliphatic heterocycles. The Kier molecular flexibility index (Phi) is 11.2. The molecule has 1 saturated heterocycles. The van der Waals surface area contributed by atoms with Gasteiger partial charge in [-0.05, 0) is 59.1 Å². The van der Waals surface area contributed by atoms with E-state index < -0.39 is 69.3 Å². The highest BCUT2D eigenvalue weighted by atomic mass is 31.1. The van der Waals surface area contributed by atoms with Crippen LogP contribution < -0.4 is 20.7 Å². The van der Waals surface area contributed by atoms with Crippen molar-refractivity contribution in [2.75, 3.05) is 20.8 Å². The van der Waals surface area contributed by atoms with E-state index in [0.717, 1.165) is 10.6 Å². The number of aliphatic hydroxyl groups is 1. The van der Waals surface area contributed by atoms with E-state index in [2.05, 4.69) is 4.98 Å². The van der Waals surface area contributed by atoms with Crippen molar-refractivity contribution in [2.45, 2.75) is 68.7 Å². The predicted octanol–water partition coefficient (Wildman–Crippen LogP) is 5.21. The Morgan fingerprint density at radius 1 is 0.882 bits per heavy atom. The number of rotatable bonds is 13. The summed E-state index contributed by atoms with van der Waals surface area (Å²) < 4.78 is 49.8. The Morgan fingerprint density at radius 3 is 1.88 bits per heavy atom. The first-order valence-corrected chi connectivity index (χ1v) is 20.3. The van der Waals surface area contributed by atoms with Gasteiger partial charge in [0.25, 0.3) is 11.3 Å². The van der Waals surface area contributed by atoms with Crippen LogP contribution in [-0.2, 0) is 28.6 Å². The number of methoxy groups -OCH3 is 2. The van der Waals surface area contributed by atoms with E-state index in [1.807, 2.05) is 88.5 Å². The second-order valence-corrected chi connectivity index (χ2v) is 19.1. The molecule has 0 spiro atoms. The van der Waals surface area contributed by atoms with Crippen LogP contribution in [0.2, 0.25) is 18.1 Å². The molecule has 15 heteroatoms. The highest BCUT2D eigenvalue weighted by Gasteiger charge is 2.65. The van der Waals surface area contributed by atoms with Gasteiger partial charge in [-0.15, -0.1) is 4.89 Å². The van der Waals surface area contributed by atoms with Gasteiger partial charge in [-0.2, -0.15) is 0 Å². The second-order valence-electron chi connectivity index (χ2n) is 13.7. The van der Waals surface area contributed by atoms with Crippen LogP contribution in [0.3, 0.4) is 0 Å². The lowest BCUT2D eigenvalue weighted by Crippen LogP contribution is -2.57. The van der Waals surface area contributed by atoms with Crippen molar-refractivity contribution in [3.05, 3.63) is 129 Å². The van der Waals surface area contributed by atoms with Gasteiger partial charge in [0.05, 0.1) is 20.8 Å². The molecule has 4 aromatic rings. The van der Waals surface area contributed by atoms with Crippen LogP contribution in [0, 0.1) is 0 Å². The zero-order chi connectivity index (χ0) is 37.2. The lowest BCUT2D eigenvalue weighted by molar-refractivity contribution is -0.222. The van der Waals surface area contributed by atoms with Gasteiger partial charge in [0.1, 0.15) is 23.2 Å². The first kappa shape index (κ1) is 38.3. The molecule has 3 aromatic carbocycles. The Bertz CT molecular complexity index is 1880. The molecule has 1 aliphatic rings. The van der Waals surface area contributed by atoms with Crippen molar-refractivity contribution in [2.24, 2.45) is 0 Å². The van der Waals surface area contributed by atoms with E-state index in [1.54, 1.807) is 38.5 Å². The van der Waals surface area contributed by atoms with E-state index in [-0.39, 0.29) is 0 Å². The Morgan fingerprint density at radius 2 is 1.41 bits per heavy atom. The van der Waals surface area contributed by atoms with Gasteiger partial charge < -0.3 is 28.5 Å². The third kappa shape index (κ3) is 7.64. The molecular formula is C36H44N2O11PSi+. The molecule has 51 heavy (non-hydrogen) atoms. The van der Waals surface area contributed by atoms with Crippen molar-refractivity contribution in [3.8, 4) is 11.5 Å². The molecule has 0 amide bonds. The third-order valence-corrected chi connectivity index (χ3v) is 14.5. The first-order chi connectivity index (χ1) is 24.1. The number of H-pyrrole nitrogens is 1. The number of aromatic nitrogens is 2. The predicted molar refractivity (Wildman–Crippen MR) is 191 cm³/mol. The van der Waals surface area contributed by atoms with Gasteiger partial charge >= 0.3 is 13.9 Å². The van der Waals surface area contributed by atoms with Gasteiger partial charge in [0.2, 0.25) is 0 Å². The number of hydrogen-bond acceptors (Lipinski definition) is 10. The molecule has 5 rings (SSSR count). The van der Waals surface area contributed by atoms with Crippen LogP contribution in [0.5, 0.6) is 11.5 Å². The van der Waals surface area contributed by atoms with Gasteiger partial charge in [0.15, 0.2) is 20.6 Å². The summed E-state index contributed by atoms with van der Waals surface area (Å²) in [7, 11) is -3.13. The van der Waals surface area contributed by atoms with Crippen LogP contribution in [0.1, 0.15) is 43.7 Å². The summed E-state index contributed by atoms with van der Waals surface area (Å²) in [5.41, 5.74) is -0.792. The highest BCUT2D eigenvalue weighted by molar-refractivity contribution is 7.32. The summed E-state index contributed by atoms with van der Waals surface area (Å²) in [5.74, 6) is -1.40. The molecule has 3 N–H and O–H groups in total. The minimum Gasteiger partial charge on any atom is -0.497 e. The van der Waals surface area contributed by atoms with Crippen LogP contribution in [0.4, 0.5) is 0 Å². The molecule has 1 aromatic heterocycles. The molecule has 0 bridgehead atoms. The molecule has 5 atom stereocenters. The first-order valence-electron chi connectivity index (χ1n) is 16.3. The van der Waals surface area contributed by atoms with Crippen LogP contribution in [-0.4, -0.2) is 66.7 Å². The topological polar surface area (TPSA) is 168 Å². The fraction of sp³-hybridized carbons (Fsp3) is 0.389. The summed E-state index contributed by atoms with van der Waals surface area (Å²) in [4.78, 5) is 37.5. The summed E-state index contributed by atoms with van der Waals surface area (Å²) in [5, 5.41) is 12.0. The molecule has 2 heterocycles.